The maximum atomic E-state index is 13.5. The van der Waals surface area contributed by atoms with E-state index in [1.807, 2.05) is 0 Å². The highest BCUT2D eigenvalue weighted by Crippen LogP contribution is 2.47. The molecule has 2 fully saturated rings. The first-order valence-electron chi connectivity index (χ1n) is 9.13. The van der Waals surface area contributed by atoms with Crippen LogP contribution in [0.15, 0.2) is 29.2 Å². The van der Waals surface area contributed by atoms with E-state index in [2.05, 4.69) is 49.9 Å². The average Bonchev–Trinajstić information content (AvgIpc) is 3.01. The summed E-state index contributed by atoms with van der Waals surface area (Å²) in [6, 6.07) is 8.77. The summed E-state index contributed by atoms with van der Waals surface area (Å²) in [4.78, 5) is 16.8. The van der Waals surface area contributed by atoms with Gasteiger partial charge in [-0.25, -0.2) is 0 Å². The van der Waals surface area contributed by atoms with E-state index in [0.29, 0.717) is 5.91 Å². The molecule has 0 aromatic heterocycles. The second kappa shape index (κ2) is 7.89. The van der Waals surface area contributed by atoms with Crippen molar-refractivity contribution in [1.29, 1.82) is 0 Å². The molecule has 1 unspecified atom stereocenters. The van der Waals surface area contributed by atoms with Crippen molar-refractivity contribution in [3.8, 4) is 0 Å². The number of benzene rings is 1. The summed E-state index contributed by atoms with van der Waals surface area (Å²) < 4.78 is -0.271. The van der Waals surface area contributed by atoms with Gasteiger partial charge in [-0.3, -0.25) is 4.79 Å². The highest BCUT2D eigenvalue weighted by atomic mass is 35.5. The van der Waals surface area contributed by atoms with E-state index >= 15 is 0 Å². The zero-order valence-electron chi connectivity index (χ0n) is 15.6. The molecule has 140 valence electrons. The lowest BCUT2D eigenvalue weighted by atomic mass is 9.79. The summed E-state index contributed by atoms with van der Waals surface area (Å²) in [5.41, 5.74) is 7.52. The number of nitrogens with zero attached hydrogens (tertiary/aromatic N) is 1. The maximum Gasteiger partial charge on any atom is 0.239 e. The summed E-state index contributed by atoms with van der Waals surface area (Å²) in [7, 11) is 0. The van der Waals surface area contributed by atoms with Crippen molar-refractivity contribution in [2.45, 2.75) is 68.6 Å². The van der Waals surface area contributed by atoms with E-state index in [1.54, 1.807) is 11.8 Å². The minimum atomic E-state index is -0.271. The molecule has 1 aliphatic carbocycles. The van der Waals surface area contributed by atoms with Gasteiger partial charge in [0.2, 0.25) is 5.91 Å². The number of carbonyl (C=O) groups is 1. The molecule has 1 saturated heterocycles. The van der Waals surface area contributed by atoms with Crippen LogP contribution in [0.1, 0.15) is 51.5 Å². The van der Waals surface area contributed by atoms with Crippen molar-refractivity contribution < 1.29 is 4.79 Å². The molecular formula is C20H31ClN2OS. The molecule has 3 nitrogen and oxygen atoms in total. The fourth-order valence-electron chi connectivity index (χ4n) is 3.97. The Labute approximate surface area is 162 Å². The summed E-state index contributed by atoms with van der Waals surface area (Å²) >= 11 is 1.79. The molecule has 1 heterocycles. The van der Waals surface area contributed by atoms with Crippen molar-refractivity contribution in [2.24, 2.45) is 11.1 Å². The third-order valence-corrected chi connectivity index (χ3v) is 7.22. The summed E-state index contributed by atoms with van der Waals surface area (Å²) in [5.74, 6) is 0.338. The SMILES string of the molecule is Cc1ccc(SC2(C(=O)N3CCC(N)C(C)(C)C3)CCCC2)cc1.Cl. The minimum Gasteiger partial charge on any atom is -0.341 e. The van der Waals surface area contributed by atoms with Crippen molar-refractivity contribution in [3.05, 3.63) is 29.8 Å². The van der Waals surface area contributed by atoms with Crippen LogP contribution in [-0.2, 0) is 4.79 Å². The Hall–Kier alpha value is -0.710. The number of rotatable bonds is 3. The van der Waals surface area contributed by atoms with Crippen LogP contribution in [0.2, 0.25) is 0 Å². The van der Waals surface area contributed by atoms with Gasteiger partial charge in [0.1, 0.15) is 0 Å². The van der Waals surface area contributed by atoms with E-state index in [1.165, 1.54) is 10.5 Å². The van der Waals surface area contributed by atoms with Crippen LogP contribution in [0.5, 0.6) is 0 Å². The van der Waals surface area contributed by atoms with Gasteiger partial charge >= 0.3 is 0 Å². The van der Waals surface area contributed by atoms with Gasteiger partial charge in [0, 0.05) is 24.0 Å². The molecule has 1 aliphatic heterocycles. The second-order valence-corrected chi connectivity index (χ2v) is 9.68. The Kier molecular flexibility index (Phi) is 6.50. The molecular weight excluding hydrogens is 352 g/mol. The van der Waals surface area contributed by atoms with Crippen LogP contribution in [-0.4, -0.2) is 34.7 Å². The number of carbonyl (C=O) groups excluding carboxylic acids is 1. The zero-order chi connectivity index (χ0) is 17.4. The predicted molar refractivity (Wildman–Crippen MR) is 108 cm³/mol. The fourth-order valence-corrected chi connectivity index (χ4v) is 5.41. The normalized spacial score (nSPS) is 24.6. The van der Waals surface area contributed by atoms with Crippen LogP contribution in [0.3, 0.4) is 0 Å². The predicted octanol–water partition coefficient (Wildman–Crippen LogP) is 4.41. The van der Waals surface area contributed by atoms with Gasteiger partial charge in [-0.05, 0) is 43.7 Å². The molecule has 2 N–H and O–H groups in total. The van der Waals surface area contributed by atoms with E-state index in [9.17, 15) is 4.79 Å². The molecule has 0 spiro atoms. The lowest BCUT2D eigenvalue weighted by molar-refractivity contribution is -0.137. The van der Waals surface area contributed by atoms with Crippen LogP contribution in [0.4, 0.5) is 0 Å². The van der Waals surface area contributed by atoms with Gasteiger partial charge in [-0.1, -0.05) is 44.4 Å². The number of likely N-dealkylation sites (tertiary alicyclic amines) is 1. The lowest BCUT2D eigenvalue weighted by Crippen LogP contribution is -2.57. The van der Waals surface area contributed by atoms with Crippen LogP contribution in [0, 0.1) is 12.3 Å². The van der Waals surface area contributed by atoms with Crippen molar-refractivity contribution in [3.63, 3.8) is 0 Å². The number of piperidine rings is 1. The van der Waals surface area contributed by atoms with Gasteiger partial charge in [-0.2, -0.15) is 0 Å². The molecule has 0 bridgehead atoms. The van der Waals surface area contributed by atoms with Gasteiger partial charge in [0.15, 0.2) is 0 Å². The first kappa shape index (κ1) is 20.6. The Balaban J connectivity index is 0.00000225. The number of amides is 1. The van der Waals surface area contributed by atoms with Gasteiger partial charge in [0.05, 0.1) is 4.75 Å². The second-order valence-electron chi connectivity index (χ2n) is 8.23. The average molecular weight is 383 g/mol. The largest absolute Gasteiger partial charge is 0.341 e. The number of hydrogen-bond acceptors (Lipinski definition) is 3. The first-order chi connectivity index (χ1) is 11.3. The molecule has 1 atom stereocenters. The van der Waals surface area contributed by atoms with Crippen molar-refractivity contribution >= 4 is 30.1 Å². The summed E-state index contributed by atoms with van der Waals surface area (Å²) in [5, 5.41) is 0. The third-order valence-electron chi connectivity index (χ3n) is 5.73. The maximum absolute atomic E-state index is 13.5. The van der Waals surface area contributed by atoms with Gasteiger partial charge in [0.25, 0.3) is 0 Å². The molecule has 1 amide bonds. The number of aryl methyl sites for hydroxylation is 1. The summed E-state index contributed by atoms with van der Waals surface area (Å²) in [6.45, 7) is 8.06. The number of nitrogens with two attached hydrogens (primary N) is 1. The van der Waals surface area contributed by atoms with Crippen molar-refractivity contribution in [1.82, 2.24) is 4.90 Å². The number of hydrogen-bond donors (Lipinski definition) is 1. The highest BCUT2D eigenvalue weighted by Gasteiger charge is 2.47. The standard InChI is InChI=1S/C20H30N2OS.ClH/c1-15-6-8-16(9-7-15)24-20(11-4-5-12-20)18(23)22-13-10-17(21)19(2,3)14-22;/h6-9,17H,4-5,10-14,21H2,1-3H3;1H. The smallest absolute Gasteiger partial charge is 0.239 e. The zero-order valence-corrected chi connectivity index (χ0v) is 17.2. The van der Waals surface area contributed by atoms with Crippen LogP contribution >= 0.6 is 24.2 Å². The van der Waals surface area contributed by atoms with Gasteiger partial charge in [-0.15, -0.1) is 24.2 Å². The molecule has 0 radical (unpaired) electrons. The van der Waals surface area contributed by atoms with E-state index in [4.69, 9.17) is 5.73 Å². The molecule has 2 aliphatic rings. The lowest BCUT2D eigenvalue weighted by Gasteiger charge is -2.45. The Bertz CT molecular complexity index is 596. The summed E-state index contributed by atoms with van der Waals surface area (Å²) in [6.07, 6.45) is 5.20. The Morgan fingerprint density at radius 3 is 2.36 bits per heavy atom. The monoisotopic (exact) mass is 382 g/mol. The number of halogens is 1. The first-order valence-corrected chi connectivity index (χ1v) is 9.95. The molecule has 1 saturated carbocycles. The Morgan fingerprint density at radius 1 is 1.20 bits per heavy atom. The molecule has 25 heavy (non-hydrogen) atoms. The third kappa shape index (κ3) is 4.35. The molecule has 5 heteroatoms. The molecule has 1 aromatic carbocycles. The minimum absolute atomic E-state index is 0. The Morgan fingerprint density at radius 2 is 1.80 bits per heavy atom. The molecule has 1 aromatic rings. The fraction of sp³-hybridized carbons (Fsp3) is 0.650. The van der Waals surface area contributed by atoms with E-state index in [0.717, 1.165) is 45.2 Å². The van der Waals surface area contributed by atoms with Crippen molar-refractivity contribution in [2.75, 3.05) is 13.1 Å². The van der Waals surface area contributed by atoms with E-state index < -0.39 is 0 Å². The molecule has 3 rings (SSSR count). The highest BCUT2D eigenvalue weighted by molar-refractivity contribution is 8.01. The quantitative estimate of drug-likeness (QED) is 0.842. The van der Waals surface area contributed by atoms with Crippen LogP contribution in [0.25, 0.3) is 0 Å². The van der Waals surface area contributed by atoms with Gasteiger partial charge < -0.3 is 10.6 Å². The van der Waals surface area contributed by atoms with Crippen LogP contribution < -0.4 is 5.73 Å². The topological polar surface area (TPSA) is 46.3 Å². The number of thioether (sulfide) groups is 1. The van der Waals surface area contributed by atoms with E-state index in [-0.39, 0.29) is 28.6 Å².